The highest BCUT2D eigenvalue weighted by Crippen LogP contribution is 2.50. The van der Waals surface area contributed by atoms with Crippen molar-refractivity contribution in [2.75, 3.05) is 23.5 Å². The van der Waals surface area contributed by atoms with Gasteiger partial charge in [0.05, 0.1) is 5.69 Å². The Hall–Kier alpha value is -1.54. The summed E-state index contributed by atoms with van der Waals surface area (Å²) >= 11 is 2.93. The predicted molar refractivity (Wildman–Crippen MR) is 103 cm³/mol. The number of aromatic nitrogens is 2. The molecule has 8 heteroatoms. The number of pyridine rings is 1. The van der Waals surface area contributed by atoms with Gasteiger partial charge in [-0.25, -0.2) is 13.8 Å². The molecule has 0 aliphatic heterocycles. The Kier molecular flexibility index (Phi) is 5.62. The third-order valence-corrected chi connectivity index (χ3v) is 6.45. The Bertz CT molecular complexity index is 782. The molecule has 2 unspecified atom stereocenters. The van der Waals surface area contributed by atoms with E-state index in [0.29, 0.717) is 16.4 Å². The summed E-state index contributed by atoms with van der Waals surface area (Å²) in [6.07, 6.45) is 5.17. The molecule has 0 radical (unpaired) electrons. The van der Waals surface area contributed by atoms with Crippen molar-refractivity contribution in [1.29, 1.82) is 0 Å². The molecular weight excluding hydrogens is 376 g/mol. The highest BCUT2D eigenvalue weighted by molar-refractivity contribution is 7.98. The Morgan fingerprint density at radius 1 is 1.54 bits per heavy atom. The van der Waals surface area contributed by atoms with E-state index in [9.17, 15) is 13.6 Å². The van der Waals surface area contributed by atoms with E-state index in [1.54, 1.807) is 24.2 Å². The minimum atomic E-state index is -2.66. The van der Waals surface area contributed by atoms with Crippen LogP contribution in [0.1, 0.15) is 19.0 Å². The summed E-state index contributed by atoms with van der Waals surface area (Å²) in [4.78, 5) is 23.1. The second-order valence-corrected chi connectivity index (χ2v) is 8.51. The molecule has 2 heterocycles. The van der Waals surface area contributed by atoms with Crippen molar-refractivity contribution in [3.05, 3.63) is 30.2 Å². The first-order valence-corrected chi connectivity index (χ1v) is 10.6. The van der Waals surface area contributed by atoms with Crippen LogP contribution in [0.3, 0.4) is 0 Å². The van der Waals surface area contributed by atoms with Crippen LogP contribution in [-0.2, 0) is 4.79 Å². The molecule has 1 aliphatic carbocycles. The standard InChI is InChI=1S/C18H21F2N3OS2/c1-11(10-25-3)16(24)23(9-14-7-18(14,19)20)17-12(2)22-15(26-17)13-5-4-6-21-8-13/h4-6,8,11,14H,7,9-10H2,1-3H3. The van der Waals surface area contributed by atoms with E-state index in [-0.39, 0.29) is 24.8 Å². The van der Waals surface area contributed by atoms with Crippen LogP contribution in [0.5, 0.6) is 0 Å². The van der Waals surface area contributed by atoms with Crippen LogP contribution in [0.25, 0.3) is 10.6 Å². The maximum Gasteiger partial charge on any atom is 0.253 e. The fraction of sp³-hybridized carbons (Fsp3) is 0.500. The minimum Gasteiger partial charge on any atom is -0.301 e. The molecule has 0 aromatic carbocycles. The van der Waals surface area contributed by atoms with Crippen molar-refractivity contribution in [3.8, 4) is 10.6 Å². The predicted octanol–water partition coefficient (Wildman–Crippen LogP) is 4.50. The molecule has 1 saturated carbocycles. The van der Waals surface area contributed by atoms with Crippen LogP contribution >= 0.6 is 23.1 Å². The minimum absolute atomic E-state index is 0.0417. The van der Waals surface area contributed by atoms with Crippen LogP contribution in [0.2, 0.25) is 0 Å². The molecule has 1 fully saturated rings. The molecule has 2 aromatic heterocycles. The number of thiazole rings is 1. The van der Waals surface area contributed by atoms with E-state index in [1.807, 2.05) is 32.2 Å². The smallest absolute Gasteiger partial charge is 0.253 e. The van der Waals surface area contributed by atoms with Crippen molar-refractivity contribution >= 4 is 34.0 Å². The maximum absolute atomic E-state index is 13.5. The lowest BCUT2D eigenvalue weighted by Gasteiger charge is -2.24. The van der Waals surface area contributed by atoms with E-state index >= 15 is 0 Å². The van der Waals surface area contributed by atoms with Gasteiger partial charge in [-0.2, -0.15) is 11.8 Å². The summed E-state index contributed by atoms with van der Waals surface area (Å²) in [5.41, 5.74) is 1.54. The van der Waals surface area contributed by atoms with Gasteiger partial charge in [0.25, 0.3) is 5.92 Å². The first kappa shape index (κ1) is 19.2. The van der Waals surface area contributed by atoms with E-state index in [2.05, 4.69) is 9.97 Å². The van der Waals surface area contributed by atoms with Gasteiger partial charge in [-0.15, -0.1) is 0 Å². The van der Waals surface area contributed by atoms with Gasteiger partial charge in [-0.05, 0) is 25.3 Å². The summed E-state index contributed by atoms with van der Waals surface area (Å²) in [6.45, 7) is 3.70. The average molecular weight is 398 g/mol. The molecule has 3 rings (SSSR count). The number of hydrogen-bond donors (Lipinski definition) is 0. The molecule has 2 atom stereocenters. The average Bonchev–Trinajstić information content (AvgIpc) is 3.03. The van der Waals surface area contributed by atoms with E-state index in [4.69, 9.17) is 0 Å². The number of carbonyl (C=O) groups excluding carboxylic acids is 1. The number of rotatable bonds is 7. The third-order valence-electron chi connectivity index (χ3n) is 4.39. The van der Waals surface area contributed by atoms with Crippen LogP contribution in [0, 0.1) is 18.8 Å². The van der Waals surface area contributed by atoms with Crippen molar-refractivity contribution in [1.82, 2.24) is 9.97 Å². The lowest BCUT2D eigenvalue weighted by molar-refractivity contribution is -0.121. The Labute approximate surface area is 160 Å². The van der Waals surface area contributed by atoms with Gasteiger partial charge in [0.15, 0.2) is 0 Å². The van der Waals surface area contributed by atoms with Gasteiger partial charge in [-0.3, -0.25) is 9.78 Å². The zero-order valence-electron chi connectivity index (χ0n) is 14.9. The normalized spacial score (nSPS) is 19.2. The monoisotopic (exact) mass is 397 g/mol. The number of alkyl halides is 2. The van der Waals surface area contributed by atoms with Gasteiger partial charge in [0, 0.05) is 48.5 Å². The van der Waals surface area contributed by atoms with E-state index in [1.165, 1.54) is 16.2 Å². The van der Waals surface area contributed by atoms with Crippen molar-refractivity contribution in [2.45, 2.75) is 26.2 Å². The van der Waals surface area contributed by atoms with Crippen molar-refractivity contribution in [3.63, 3.8) is 0 Å². The quantitative estimate of drug-likeness (QED) is 0.690. The number of halogens is 2. The van der Waals surface area contributed by atoms with Crippen LogP contribution < -0.4 is 4.90 Å². The highest BCUT2D eigenvalue weighted by Gasteiger charge is 2.57. The van der Waals surface area contributed by atoms with Gasteiger partial charge in [0.2, 0.25) is 5.91 Å². The summed E-state index contributed by atoms with van der Waals surface area (Å²) < 4.78 is 27.0. The zero-order valence-corrected chi connectivity index (χ0v) is 16.5. The molecule has 1 amide bonds. The topological polar surface area (TPSA) is 46.1 Å². The van der Waals surface area contributed by atoms with Gasteiger partial charge >= 0.3 is 0 Å². The largest absolute Gasteiger partial charge is 0.301 e. The molecule has 0 N–H and O–H groups in total. The molecule has 26 heavy (non-hydrogen) atoms. The fourth-order valence-electron chi connectivity index (χ4n) is 2.80. The van der Waals surface area contributed by atoms with Gasteiger partial charge in [-0.1, -0.05) is 18.3 Å². The van der Waals surface area contributed by atoms with Crippen LogP contribution in [0.15, 0.2) is 24.5 Å². The Balaban J connectivity index is 1.91. The fourth-order valence-corrected chi connectivity index (χ4v) is 4.51. The number of carbonyl (C=O) groups is 1. The SMILES string of the molecule is CSCC(C)C(=O)N(CC1CC1(F)F)c1sc(-c2cccnc2)nc1C. The van der Waals surface area contributed by atoms with Crippen LogP contribution in [0.4, 0.5) is 13.8 Å². The lowest BCUT2D eigenvalue weighted by Crippen LogP contribution is -2.38. The summed E-state index contributed by atoms with van der Waals surface area (Å²) in [5, 5.41) is 1.40. The molecular formula is C18H21F2N3OS2. The third kappa shape index (κ3) is 4.06. The Morgan fingerprint density at radius 2 is 2.27 bits per heavy atom. The van der Waals surface area contributed by atoms with Crippen molar-refractivity contribution in [2.24, 2.45) is 11.8 Å². The molecule has 4 nitrogen and oxygen atoms in total. The van der Waals surface area contributed by atoms with Crippen molar-refractivity contribution < 1.29 is 13.6 Å². The molecule has 0 spiro atoms. The zero-order chi connectivity index (χ0) is 18.9. The molecule has 0 saturated heterocycles. The molecule has 2 aromatic rings. The lowest BCUT2D eigenvalue weighted by atomic mass is 10.1. The highest BCUT2D eigenvalue weighted by atomic mass is 32.2. The van der Waals surface area contributed by atoms with E-state index < -0.39 is 11.8 Å². The number of hydrogen-bond acceptors (Lipinski definition) is 5. The van der Waals surface area contributed by atoms with Gasteiger partial charge < -0.3 is 4.90 Å². The number of anilines is 1. The van der Waals surface area contributed by atoms with E-state index in [0.717, 1.165) is 10.6 Å². The first-order chi connectivity index (χ1) is 12.3. The maximum atomic E-state index is 13.5. The first-order valence-electron chi connectivity index (χ1n) is 8.39. The second kappa shape index (κ2) is 7.60. The van der Waals surface area contributed by atoms with Crippen LogP contribution in [-0.4, -0.2) is 40.4 Å². The summed E-state index contributed by atoms with van der Waals surface area (Å²) in [5.74, 6) is -3.13. The molecule has 0 bridgehead atoms. The Morgan fingerprint density at radius 3 is 2.85 bits per heavy atom. The van der Waals surface area contributed by atoms with Gasteiger partial charge in [0.1, 0.15) is 10.0 Å². The number of aryl methyl sites for hydroxylation is 1. The number of thioether (sulfide) groups is 1. The summed E-state index contributed by atoms with van der Waals surface area (Å²) in [6, 6.07) is 3.71. The molecule has 140 valence electrons. The number of nitrogens with zero attached hydrogens (tertiary/aromatic N) is 3. The summed E-state index contributed by atoms with van der Waals surface area (Å²) in [7, 11) is 0. The number of amides is 1. The second-order valence-electron chi connectivity index (χ2n) is 6.62. The molecule has 1 aliphatic rings.